The maximum atomic E-state index is 10.5. The third-order valence-electron chi connectivity index (χ3n) is 4.74. The van der Waals surface area contributed by atoms with Crippen molar-refractivity contribution in [1.29, 1.82) is 0 Å². The standard InChI is InChI=1S/C20H25NO2.ClH/c21-19(20(22)16-7-3-1-4-8-16)15-11-13-18(14-12-15)23-17-9-5-2-6-10-17;/h2,5-6,9-14,16,19-20,22H,1,3-4,7-8,21H2;1H/t19-,20+;/m0./s1. The van der Waals surface area contributed by atoms with Gasteiger partial charge in [0.1, 0.15) is 11.5 Å². The predicted molar refractivity (Wildman–Crippen MR) is 99.7 cm³/mol. The Kier molecular flexibility index (Phi) is 7.10. The molecule has 0 bridgehead atoms. The number of hydrogen-bond donors (Lipinski definition) is 2. The van der Waals surface area contributed by atoms with Crippen LogP contribution in [0.2, 0.25) is 0 Å². The van der Waals surface area contributed by atoms with E-state index in [1.54, 1.807) is 0 Å². The monoisotopic (exact) mass is 347 g/mol. The third kappa shape index (κ3) is 4.73. The predicted octanol–water partition coefficient (Wildman–Crippen LogP) is 4.84. The van der Waals surface area contributed by atoms with Gasteiger partial charge >= 0.3 is 0 Å². The van der Waals surface area contributed by atoms with Crippen molar-refractivity contribution in [3.05, 3.63) is 60.2 Å². The fraction of sp³-hybridized carbons (Fsp3) is 0.400. The van der Waals surface area contributed by atoms with E-state index >= 15 is 0 Å². The van der Waals surface area contributed by atoms with Crippen LogP contribution in [0.5, 0.6) is 11.5 Å². The summed E-state index contributed by atoms with van der Waals surface area (Å²) in [5.74, 6) is 1.92. The molecule has 0 aliphatic heterocycles. The normalized spacial score (nSPS) is 17.6. The zero-order valence-electron chi connectivity index (χ0n) is 13.8. The lowest BCUT2D eigenvalue weighted by Gasteiger charge is -2.30. The maximum absolute atomic E-state index is 10.5. The zero-order chi connectivity index (χ0) is 16.1. The van der Waals surface area contributed by atoms with Crippen LogP contribution < -0.4 is 10.5 Å². The molecule has 1 saturated carbocycles. The Labute approximate surface area is 150 Å². The molecular weight excluding hydrogens is 322 g/mol. The van der Waals surface area contributed by atoms with Crippen molar-refractivity contribution in [2.24, 2.45) is 11.7 Å². The minimum absolute atomic E-state index is 0. The maximum Gasteiger partial charge on any atom is 0.127 e. The summed E-state index contributed by atoms with van der Waals surface area (Å²) in [7, 11) is 0. The first-order valence-corrected chi connectivity index (χ1v) is 8.50. The van der Waals surface area contributed by atoms with Crippen molar-refractivity contribution in [2.75, 3.05) is 0 Å². The molecule has 130 valence electrons. The molecule has 1 fully saturated rings. The van der Waals surface area contributed by atoms with Gasteiger partial charge in [0.05, 0.1) is 12.1 Å². The first kappa shape index (κ1) is 18.8. The Morgan fingerprint density at radius 1 is 0.875 bits per heavy atom. The van der Waals surface area contributed by atoms with Crippen LogP contribution in [0.25, 0.3) is 0 Å². The van der Waals surface area contributed by atoms with Gasteiger partial charge in [0.2, 0.25) is 0 Å². The highest BCUT2D eigenvalue weighted by atomic mass is 35.5. The third-order valence-corrected chi connectivity index (χ3v) is 4.74. The molecule has 4 heteroatoms. The number of benzene rings is 2. The lowest BCUT2D eigenvalue weighted by Crippen LogP contribution is -2.34. The fourth-order valence-electron chi connectivity index (χ4n) is 3.35. The minimum Gasteiger partial charge on any atom is -0.457 e. The molecule has 3 N–H and O–H groups in total. The molecule has 0 heterocycles. The van der Waals surface area contributed by atoms with Gasteiger partial charge in [-0.3, -0.25) is 0 Å². The summed E-state index contributed by atoms with van der Waals surface area (Å²) in [6.07, 6.45) is 5.41. The second-order valence-electron chi connectivity index (χ2n) is 6.40. The van der Waals surface area contributed by atoms with Crippen LogP contribution in [0.1, 0.15) is 43.7 Å². The highest BCUT2D eigenvalue weighted by Crippen LogP contribution is 2.32. The van der Waals surface area contributed by atoms with Crippen LogP contribution in [0.3, 0.4) is 0 Å². The summed E-state index contributed by atoms with van der Waals surface area (Å²) < 4.78 is 5.79. The van der Waals surface area contributed by atoms with E-state index in [1.165, 1.54) is 19.3 Å². The summed E-state index contributed by atoms with van der Waals surface area (Å²) in [5, 5.41) is 10.5. The molecule has 0 amide bonds. The van der Waals surface area contributed by atoms with E-state index in [2.05, 4.69) is 0 Å². The quantitative estimate of drug-likeness (QED) is 0.813. The average molecular weight is 348 g/mol. The number of hydrogen-bond acceptors (Lipinski definition) is 3. The molecular formula is C20H26ClNO2. The van der Waals surface area contributed by atoms with Gasteiger partial charge in [-0.2, -0.15) is 0 Å². The molecule has 3 rings (SSSR count). The molecule has 2 atom stereocenters. The average Bonchev–Trinajstić information content (AvgIpc) is 2.63. The highest BCUT2D eigenvalue weighted by Gasteiger charge is 2.27. The number of para-hydroxylation sites is 1. The SMILES string of the molecule is Cl.N[C@@H](c1ccc(Oc2ccccc2)cc1)[C@H](O)C1CCCCC1. The Hall–Kier alpha value is -1.55. The van der Waals surface area contributed by atoms with E-state index in [0.29, 0.717) is 5.92 Å². The van der Waals surface area contributed by atoms with Gasteiger partial charge in [0, 0.05) is 0 Å². The lowest BCUT2D eigenvalue weighted by atomic mass is 9.81. The van der Waals surface area contributed by atoms with Crippen molar-refractivity contribution >= 4 is 12.4 Å². The van der Waals surface area contributed by atoms with E-state index in [4.69, 9.17) is 10.5 Å². The highest BCUT2D eigenvalue weighted by molar-refractivity contribution is 5.85. The van der Waals surface area contributed by atoms with Crippen LogP contribution in [0.4, 0.5) is 0 Å². The Balaban J connectivity index is 0.00000208. The molecule has 24 heavy (non-hydrogen) atoms. The lowest BCUT2D eigenvalue weighted by molar-refractivity contribution is 0.0618. The van der Waals surface area contributed by atoms with Gasteiger partial charge in [0.25, 0.3) is 0 Å². The van der Waals surface area contributed by atoms with E-state index in [9.17, 15) is 5.11 Å². The topological polar surface area (TPSA) is 55.5 Å². The van der Waals surface area contributed by atoms with Gasteiger partial charge in [-0.1, -0.05) is 49.6 Å². The van der Waals surface area contributed by atoms with Gasteiger partial charge in [0.15, 0.2) is 0 Å². The molecule has 0 unspecified atom stereocenters. The molecule has 1 aliphatic carbocycles. The van der Waals surface area contributed by atoms with Crippen molar-refractivity contribution in [1.82, 2.24) is 0 Å². The van der Waals surface area contributed by atoms with E-state index in [0.717, 1.165) is 29.9 Å². The van der Waals surface area contributed by atoms with Gasteiger partial charge in [-0.15, -0.1) is 12.4 Å². The molecule has 0 saturated heterocycles. The summed E-state index contributed by atoms with van der Waals surface area (Å²) in [6, 6.07) is 17.1. The van der Waals surface area contributed by atoms with Crippen LogP contribution in [0, 0.1) is 5.92 Å². The summed E-state index contributed by atoms with van der Waals surface area (Å²) in [5.41, 5.74) is 7.24. The number of ether oxygens (including phenoxy) is 1. The molecule has 0 spiro atoms. The molecule has 0 aromatic heterocycles. The van der Waals surface area contributed by atoms with Gasteiger partial charge < -0.3 is 15.6 Å². The van der Waals surface area contributed by atoms with Gasteiger partial charge in [-0.05, 0) is 48.6 Å². The largest absolute Gasteiger partial charge is 0.457 e. The number of aliphatic hydroxyl groups is 1. The molecule has 2 aromatic rings. The van der Waals surface area contributed by atoms with E-state index < -0.39 is 6.10 Å². The van der Waals surface area contributed by atoms with Crippen LogP contribution in [-0.2, 0) is 0 Å². The summed E-state index contributed by atoms with van der Waals surface area (Å²) in [4.78, 5) is 0. The summed E-state index contributed by atoms with van der Waals surface area (Å²) in [6.45, 7) is 0. The van der Waals surface area contributed by atoms with E-state index in [-0.39, 0.29) is 18.4 Å². The summed E-state index contributed by atoms with van der Waals surface area (Å²) >= 11 is 0. The second kappa shape index (κ2) is 9.07. The fourth-order valence-corrected chi connectivity index (χ4v) is 3.35. The van der Waals surface area contributed by atoms with Crippen molar-refractivity contribution < 1.29 is 9.84 Å². The Morgan fingerprint density at radius 2 is 1.46 bits per heavy atom. The zero-order valence-corrected chi connectivity index (χ0v) is 14.6. The molecule has 0 radical (unpaired) electrons. The first-order valence-electron chi connectivity index (χ1n) is 8.50. The minimum atomic E-state index is -0.462. The van der Waals surface area contributed by atoms with Crippen molar-refractivity contribution in [3.8, 4) is 11.5 Å². The van der Waals surface area contributed by atoms with Crippen molar-refractivity contribution in [2.45, 2.75) is 44.2 Å². The second-order valence-corrected chi connectivity index (χ2v) is 6.40. The van der Waals surface area contributed by atoms with Crippen molar-refractivity contribution in [3.63, 3.8) is 0 Å². The number of rotatable bonds is 5. The smallest absolute Gasteiger partial charge is 0.127 e. The first-order chi connectivity index (χ1) is 11.2. The van der Waals surface area contributed by atoms with Crippen LogP contribution in [0.15, 0.2) is 54.6 Å². The molecule has 1 aliphatic rings. The van der Waals surface area contributed by atoms with Crippen LogP contribution in [-0.4, -0.2) is 11.2 Å². The number of halogens is 1. The molecule has 3 nitrogen and oxygen atoms in total. The molecule has 2 aromatic carbocycles. The Morgan fingerprint density at radius 3 is 2.08 bits per heavy atom. The number of aliphatic hydroxyl groups excluding tert-OH is 1. The Bertz CT molecular complexity index is 597. The number of nitrogens with two attached hydrogens (primary N) is 1. The van der Waals surface area contributed by atoms with E-state index in [1.807, 2.05) is 54.6 Å². The van der Waals surface area contributed by atoms with Crippen LogP contribution >= 0.6 is 12.4 Å². The van der Waals surface area contributed by atoms with Gasteiger partial charge in [-0.25, -0.2) is 0 Å².